The third-order valence-corrected chi connectivity index (χ3v) is 5.36. The van der Waals surface area contributed by atoms with Gasteiger partial charge >= 0.3 is 0 Å². The third-order valence-electron chi connectivity index (χ3n) is 3.89. The fourth-order valence-electron chi connectivity index (χ4n) is 2.60. The van der Waals surface area contributed by atoms with Crippen LogP contribution in [0.15, 0.2) is 60.7 Å². The second-order valence-corrected chi connectivity index (χ2v) is 8.87. The van der Waals surface area contributed by atoms with Gasteiger partial charge in [-0.15, -0.1) is 0 Å². The number of carbonyl (C=O) groups is 1. The van der Waals surface area contributed by atoms with E-state index in [0.29, 0.717) is 16.3 Å². The number of rotatable bonds is 4. The second-order valence-electron chi connectivity index (χ2n) is 5.72. The van der Waals surface area contributed by atoms with Crippen LogP contribution in [-0.2, 0) is 0 Å². The van der Waals surface area contributed by atoms with Crippen LogP contribution in [0.25, 0.3) is 10.8 Å². The molecule has 0 bridgehead atoms. The molecule has 0 aromatic heterocycles. The maximum atomic E-state index is 12.9. The molecule has 8 heteroatoms. The lowest BCUT2D eigenvalue weighted by Gasteiger charge is -2.28. The Kier molecular flexibility index (Phi) is 6.29. The average Bonchev–Trinajstić information content (AvgIpc) is 2.63. The molecule has 0 saturated carbocycles. The Labute approximate surface area is 181 Å². The molecular weight excluding hydrogens is 449 g/mol. The van der Waals surface area contributed by atoms with Crippen molar-refractivity contribution in [3.8, 4) is 0 Å². The van der Waals surface area contributed by atoms with E-state index in [-0.39, 0.29) is 5.02 Å². The Balaban J connectivity index is 1.90. The first-order valence-corrected chi connectivity index (χ1v) is 9.72. The number of amides is 1. The molecule has 0 radical (unpaired) electrons. The molecule has 3 aromatic rings. The maximum absolute atomic E-state index is 12.9. The van der Waals surface area contributed by atoms with Crippen LogP contribution in [0.3, 0.4) is 0 Å². The van der Waals surface area contributed by atoms with E-state index in [1.165, 1.54) is 0 Å². The molecule has 0 heterocycles. The van der Waals surface area contributed by atoms with Crippen LogP contribution >= 0.6 is 58.0 Å². The number of carbonyl (C=O) groups excluding carboxylic acids is 1. The van der Waals surface area contributed by atoms with Gasteiger partial charge in [-0.2, -0.15) is 0 Å². The summed E-state index contributed by atoms with van der Waals surface area (Å²) in [6, 6.07) is 17.9. The fourth-order valence-corrected chi connectivity index (χ4v) is 3.29. The molecule has 0 spiro atoms. The van der Waals surface area contributed by atoms with Crippen molar-refractivity contribution in [2.75, 3.05) is 5.32 Å². The Morgan fingerprint density at radius 1 is 0.889 bits per heavy atom. The molecule has 0 aliphatic heterocycles. The summed E-state index contributed by atoms with van der Waals surface area (Å²) in [7, 11) is 0. The minimum atomic E-state index is -1.84. The fraction of sp³-hybridized carbons (Fsp3) is 0.105. The number of halogens is 5. The summed E-state index contributed by atoms with van der Waals surface area (Å²) in [6.45, 7) is 0. The predicted molar refractivity (Wildman–Crippen MR) is 116 cm³/mol. The van der Waals surface area contributed by atoms with E-state index in [1.54, 1.807) is 30.3 Å². The largest absolute Gasteiger partial charge is 0.361 e. The summed E-state index contributed by atoms with van der Waals surface area (Å²) in [5, 5.41) is 7.97. The van der Waals surface area contributed by atoms with Gasteiger partial charge in [-0.25, -0.2) is 0 Å². The molecule has 0 saturated heterocycles. The Bertz CT molecular complexity index is 982. The summed E-state index contributed by atoms with van der Waals surface area (Å²) in [6.07, 6.45) is -1.05. The number of benzene rings is 3. The van der Waals surface area contributed by atoms with E-state index in [4.69, 9.17) is 58.0 Å². The molecule has 0 fully saturated rings. The Morgan fingerprint density at radius 2 is 1.56 bits per heavy atom. The highest BCUT2D eigenvalue weighted by atomic mass is 35.6. The van der Waals surface area contributed by atoms with Crippen LogP contribution in [0.1, 0.15) is 10.4 Å². The highest BCUT2D eigenvalue weighted by Gasteiger charge is 2.35. The van der Waals surface area contributed by atoms with Crippen LogP contribution in [0.5, 0.6) is 0 Å². The summed E-state index contributed by atoms with van der Waals surface area (Å²) >= 11 is 30.4. The summed E-state index contributed by atoms with van der Waals surface area (Å²) in [5.41, 5.74) is 0.894. The van der Waals surface area contributed by atoms with E-state index in [0.717, 1.165) is 10.8 Å². The van der Waals surface area contributed by atoms with Crippen molar-refractivity contribution >= 4 is 80.4 Å². The van der Waals surface area contributed by atoms with Gasteiger partial charge in [0, 0.05) is 5.56 Å². The van der Waals surface area contributed by atoms with Crippen molar-refractivity contribution in [1.82, 2.24) is 5.32 Å². The van der Waals surface area contributed by atoms with E-state index in [9.17, 15) is 4.79 Å². The number of fused-ring (bicyclic) bond motifs is 1. The zero-order chi connectivity index (χ0) is 19.6. The smallest absolute Gasteiger partial charge is 0.253 e. The van der Waals surface area contributed by atoms with Gasteiger partial charge in [0.2, 0.25) is 3.79 Å². The molecule has 3 nitrogen and oxygen atoms in total. The summed E-state index contributed by atoms with van der Waals surface area (Å²) in [5.74, 6) is -0.395. The van der Waals surface area contributed by atoms with Gasteiger partial charge in [0.1, 0.15) is 6.17 Å². The van der Waals surface area contributed by atoms with Crippen LogP contribution in [-0.4, -0.2) is 15.9 Å². The molecule has 1 atom stereocenters. The van der Waals surface area contributed by atoms with Gasteiger partial charge in [-0.05, 0) is 29.0 Å². The molecule has 0 aliphatic carbocycles. The molecule has 3 rings (SSSR count). The quantitative estimate of drug-likeness (QED) is 0.335. The highest BCUT2D eigenvalue weighted by Crippen LogP contribution is 2.35. The summed E-state index contributed by atoms with van der Waals surface area (Å²) in [4.78, 5) is 12.9. The first kappa shape index (κ1) is 20.4. The lowest BCUT2D eigenvalue weighted by Crippen LogP contribution is -2.49. The van der Waals surface area contributed by atoms with Crippen molar-refractivity contribution in [3.05, 3.63) is 76.3 Å². The van der Waals surface area contributed by atoms with E-state index in [2.05, 4.69) is 10.6 Å². The van der Waals surface area contributed by atoms with Crippen molar-refractivity contribution in [3.63, 3.8) is 0 Å². The monoisotopic (exact) mass is 460 g/mol. The predicted octanol–water partition coefficient (Wildman–Crippen LogP) is 6.68. The zero-order valence-corrected chi connectivity index (χ0v) is 17.4. The molecule has 3 aromatic carbocycles. The SMILES string of the molecule is O=C(N[C@H](Nc1cccc(Cl)c1Cl)C(Cl)(Cl)Cl)c1cccc2ccccc12. The van der Waals surface area contributed by atoms with Gasteiger partial charge < -0.3 is 10.6 Å². The number of anilines is 1. The van der Waals surface area contributed by atoms with Crippen LogP contribution in [0.2, 0.25) is 10.0 Å². The van der Waals surface area contributed by atoms with Crippen molar-refractivity contribution in [1.29, 1.82) is 0 Å². The van der Waals surface area contributed by atoms with Crippen molar-refractivity contribution in [2.45, 2.75) is 9.96 Å². The zero-order valence-electron chi connectivity index (χ0n) is 13.6. The molecule has 27 heavy (non-hydrogen) atoms. The molecular formula is C19H13Cl5N2O. The number of hydrogen-bond acceptors (Lipinski definition) is 2. The lowest BCUT2D eigenvalue weighted by molar-refractivity contribution is 0.0943. The molecule has 0 unspecified atom stereocenters. The normalized spacial score (nSPS) is 12.6. The molecule has 0 aliphatic rings. The maximum Gasteiger partial charge on any atom is 0.253 e. The molecule has 2 N–H and O–H groups in total. The third kappa shape index (κ3) is 4.74. The van der Waals surface area contributed by atoms with E-state index < -0.39 is 15.9 Å². The highest BCUT2D eigenvalue weighted by molar-refractivity contribution is 6.68. The summed E-state index contributed by atoms with van der Waals surface area (Å²) < 4.78 is -1.84. The van der Waals surface area contributed by atoms with E-state index >= 15 is 0 Å². The van der Waals surface area contributed by atoms with Crippen LogP contribution in [0, 0.1) is 0 Å². The van der Waals surface area contributed by atoms with Gasteiger partial charge in [0.15, 0.2) is 0 Å². The molecule has 1 amide bonds. The first-order chi connectivity index (χ1) is 12.8. The number of nitrogens with one attached hydrogen (secondary N) is 2. The van der Waals surface area contributed by atoms with Crippen molar-refractivity contribution < 1.29 is 4.79 Å². The van der Waals surface area contributed by atoms with Gasteiger partial charge in [-0.3, -0.25) is 4.79 Å². The number of hydrogen-bond donors (Lipinski definition) is 2. The second kappa shape index (κ2) is 8.34. The van der Waals surface area contributed by atoms with Crippen LogP contribution in [0.4, 0.5) is 5.69 Å². The lowest BCUT2D eigenvalue weighted by atomic mass is 10.0. The van der Waals surface area contributed by atoms with Crippen molar-refractivity contribution in [2.24, 2.45) is 0 Å². The minimum absolute atomic E-state index is 0.262. The Morgan fingerprint density at radius 3 is 2.30 bits per heavy atom. The topological polar surface area (TPSA) is 41.1 Å². The van der Waals surface area contributed by atoms with Gasteiger partial charge in [0.05, 0.1) is 15.7 Å². The van der Waals surface area contributed by atoms with Gasteiger partial charge in [-0.1, -0.05) is 100 Å². The molecule has 140 valence electrons. The first-order valence-electron chi connectivity index (χ1n) is 7.83. The Hall–Kier alpha value is -1.36. The number of alkyl halides is 3. The van der Waals surface area contributed by atoms with Crippen LogP contribution < -0.4 is 10.6 Å². The van der Waals surface area contributed by atoms with Gasteiger partial charge in [0.25, 0.3) is 5.91 Å². The van der Waals surface area contributed by atoms with E-state index in [1.807, 2.05) is 30.3 Å². The average molecular weight is 463 g/mol. The standard InChI is InChI=1S/C19H13Cl5N2O/c20-14-9-4-10-15(16(14)21)25-18(19(22,23)24)26-17(27)13-8-3-6-11-5-1-2-7-12(11)13/h1-10,18,25H,(H,26,27)/t18-/m0/s1. The minimum Gasteiger partial charge on any atom is -0.361 e.